The smallest absolute Gasteiger partial charge is 0.139 e. The van der Waals surface area contributed by atoms with Gasteiger partial charge in [-0.25, -0.2) is 0 Å². The number of hydrogen-bond donors (Lipinski definition) is 4. The van der Waals surface area contributed by atoms with E-state index < -0.39 is 0 Å². The third-order valence-corrected chi connectivity index (χ3v) is 2.20. The van der Waals surface area contributed by atoms with Gasteiger partial charge in [0, 0.05) is 25.7 Å². The second-order valence-corrected chi connectivity index (χ2v) is 3.91. The molecular weight excluding hydrogens is 260 g/mol. The van der Waals surface area contributed by atoms with E-state index in [0.717, 1.165) is 25.7 Å². The molecule has 0 aliphatic heterocycles. The molecule has 20 heavy (non-hydrogen) atoms. The normalized spacial score (nSPS) is 10.9. The fraction of sp³-hybridized carbons (Fsp3) is 0.667. The second-order valence-electron chi connectivity index (χ2n) is 3.91. The second kappa shape index (κ2) is 16.5. The molecule has 0 aliphatic carbocycles. The number of hydrogen-bond acceptors (Lipinski definition) is 6. The molecule has 0 saturated carbocycles. The molecule has 0 unspecified atom stereocenters. The zero-order valence-electron chi connectivity index (χ0n) is 11.5. The van der Waals surface area contributed by atoms with Gasteiger partial charge in [-0.1, -0.05) is 10.3 Å². The predicted molar refractivity (Wildman–Crippen MR) is 75.0 cm³/mol. The first kappa shape index (κ1) is 19.9. The van der Waals surface area contributed by atoms with E-state index in [0.29, 0.717) is 25.7 Å². The van der Waals surface area contributed by atoms with Crippen LogP contribution in [0.3, 0.4) is 0 Å². The molecule has 0 aromatic rings. The quantitative estimate of drug-likeness (QED) is 0.173. The van der Waals surface area contributed by atoms with Gasteiger partial charge >= 0.3 is 0 Å². The van der Waals surface area contributed by atoms with Crippen molar-refractivity contribution in [3.63, 3.8) is 0 Å². The molecule has 0 fully saturated rings. The zero-order chi connectivity index (χ0) is 15.6. The van der Waals surface area contributed by atoms with Crippen LogP contribution in [0, 0.1) is 22.7 Å². The molecule has 6 N–H and O–H groups in total. The summed E-state index contributed by atoms with van der Waals surface area (Å²) < 4.78 is 0. The van der Waals surface area contributed by atoms with E-state index in [1.165, 1.54) is 0 Å². The summed E-state index contributed by atoms with van der Waals surface area (Å²) in [6.45, 7) is 0. The van der Waals surface area contributed by atoms with Gasteiger partial charge in [-0.05, 0) is 25.7 Å². The Bertz CT molecular complexity index is 331. The maximum Gasteiger partial charge on any atom is 0.139 e. The van der Waals surface area contributed by atoms with Crippen molar-refractivity contribution in [3.8, 4) is 12.1 Å². The number of nitrogens with two attached hydrogens (primary N) is 2. The third kappa shape index (κ3) is 17.9. The van der Waals surface area contributed by atoms with Crippen molar-refractivity contribution < 1.29 is 10.4 Å². The van der Waals surface area contributed by atoms with Gasteiger partial charge in [0.05, 0.1) is 12.1 Å². The van der Waals surface area contributed by atoms with Crippen molar-refractivity contribution in [1.29, 1.82) is 10.5 Å². The van der Waals surface area contributed by atoms with Crippen molar-refractivity contribution in [1.82, 2.24) is 0 Å². The van der Waals surface area contributed by atoms with E-state index in [4.69, 9.17) is 32.4 Å². The van der Waals surface area contributed by atoms with Gasteiger partial charge in [0.15, 0.2) is 0 Å². The van der Waals surface area contributed by atoms with Gasteiger partial charge in [-0.2, -0.15) is 10.5 Å². The van der Waals surface area contributed by atoms with Crippen LogP contribution in [0.4, 0.5) is 0 Å². The van der Waals surface area contributed by atoms with E-state index in [-0.39, 0.29) is 11.7 Å². The Hall–Kier alpha value is -2.48. The SMILES string of the molecule is N#CCCCCC#N.N/C(CCCC/C(N)=N\O)=N\O. The fourth-order valence-corrected chi connectivity index (χ4v) is 1.12. The zero-order valence-corrected chi connectivity index (χ0v) is 11.5. The Morgan fingerprint density at radius 3 is 1.40 bits per heavy atom. The van der Waals surface area contributed by atoms with E-state index >= 15 is 0 Å². The van der Waals surface area contributed by atoms with Crippen molar-refractivity contribution in [2.75, 3.05) is 0 Å². The van der Waals surface area contributed by atoms with Gasteiger partial charge in [-0.3, -0.25) is 0 Å². The highest BCUT2D eigenvalue weighted by Gasteiger charge is 1.96. The van der Waals surface area contributed by atoms with Crippen LogP contribution in [0.15, 0.2) is 10.3 Å². The maximum atomic E-state index is 8.16. The number of amidine groups is 2. The third-order valence-electron chi connectivity index (χ3n) is 2.20. The lowest BCUT2D eigenvalue weighted by molar-refractivity contribution is 0.315. The lowest BCUT2D eigenvalue weighted by atomic mass is 10.2. The van der Waals surface area contributed by atoms with E-state index in [1.807, 2.05) is 12.1 Å². The Morgan fingerprint density at radius 2 is 1.15 bits per heavy atom. The molecule has 0 saturated heterocycles. The van der Waals surface area contributed by atoms with Crippen LogP contribution in [0.1, 0.15) is 51.4 Å². The first-order valence-corrected chi connectivity index (χ1v) is 6.29. The molecular formula is C12H22N6O2. The maximum absolute atomic E-state index is 8.16. The minimum Gasteiger partial charge on any atom is -0.409 e. The van der Waals surface area contributed by atoms with Gasteiger partial charge < -0.3 is 21.9 Å². The van der Waals surface area contributed by atoms with Crippen LogP contribution in [0.5, 0.6) is 0 Å². The van der Waals surface area contributed by atoms with Crippen molar-refractivity contribution >= 4 is 11.7 Å². The van der Waals surface area contributed by atoms with Gasteiger partial charge in [0.25, 0.3) is 0 Å². The van der Waals surface area contributed by atoms with Crippen LogP contribution >= 0.6 is 0 Å². The van der Waals surface area contributed by atoms with Crippen molar-refractivity contribution in [2.45, 2.75) is 51.4 Å². The molecule has 0 amide bonds. The lowest BCUT2D eigenvalue weighted by Crippen LogP contribution is -2.13. The first-order chi connectivity index (χ1) is 9.62. The summed E-state index contributed by atoms with van der Waals surface area (Å²) in [6, 6.07) is 4.03. The van der Waals surface area contributed by atoms with Crippen molar-refractivity contribution in [3.05, 3.63) is 0 Å². The molecule has 8 nitrogen and oxygen atoms in total. The molecule has 0 aromatic carbocycles. The Balaban J connectivity index is 0. The van der Waals surface area contributed by atoms with Crippen LogP contribution in [-0.2, 0) is 0 Å². The Labute approximate surface area is 119 Å². The number of unbranched alkanes of at least 4 members (excludes halogenated alkanes) is 4. The number of nitriles is 2. The average molecular weight is 282 g/mol. The Morgan fingerprint density at radius 1 is 0.800 bits per heavy atom. The van der Waals surface area contributed by atoms with Gasteiger partial charge in [0.2, 0.25) is 0 Å². The van der Waals surface area contributed by atoms with Crippen LogP contribution < -0.4 is 11.5 Å². The highest BCUT2D eigenvalue weighted by molar-refractivity contribution is 5.80. The molecule has 8 heteroatoms. The molecule has 0 aromatic heterocycles. The summed E-state index contributed by atoms with van der Waals surface area (Å²) in [7, 11) is 0. The van der Waals surface area contributed by atoms with Gasteiger partial charge in [0.1, 0.15) is 11.7 Å². The topological polar surface area (TPSA) is 165 Å². The molecule has 0 radical (unpaired) electrons. The Kier molecular flexibility index (Phi) is 16.4. The summed E-state index contributed by atoms with van der Waals surface area (Å²) in [4.78, 5) is 0. The summed E-state index contributed by atoms with van der Waals surface area (Å²) >= 11 is 0. The largest absolute Gasteiger partial charge is 0.409 e. The van der Waals surface area contributed by atoms with Gasteiger partial charge in [-0.15, -0.1) is 0 Å². The highest BCUT2D eigenvalue weighted by atomic mass is 16.4. The van der Waals surface area contributed by atoms with Crippen LogP contribution in [0.2, 0.25) is 0 Å². The summed E-state index contributed by atoms with van der Waals surface area (Å²) in [6.07, 6.45) is 5.46. The fourth-order valence-electron chi connectivity index (χ4n) is 1.12. The molecule has 112 valence electrons. The minimum absolute atomic E-state index is 0.203. The first-order valence-electron chi connectivity index (χ1n) is 6.29. The average Bonchev–Trinajstić information content (AvgIpc) is 2.48. The van der Waals surface area contributed by atoms with Crippen LogP contribution in [0.25, 0.3) is 0 Å². The number of oxime groups is 2. The van der Waals surface area contributed by atoms with E-state index in [9.17, 15) is 0 Å². The minimum atomic E-state index is 0.203. The molecule has 0 heterocycles. The summed E-state index contributed by atoms with van der Waals surface area (Å²) in [5, 5.41) is 38.0. The summed E-state index contributed by atoms with van der Waals surface area (Å²) in [5.74, 6) is 0.406. The summed E-state index contributed by atoms with van der Waals surface area (Å²) in [5.41, 5.74) is 10.4. The van der Waals surface area contributed by atoms with E-state index in [2.05, 4.69) is 10.3 Å². The lowest BCUT2D eigenvalue weighted by Gasteiger charge is -1.98. The monoisotopic (exact) mass is 282 g/mol. The van der Waals surface area contributed by atoms with E-state index in [1.54, 1.807) is 0 Å². The predicted octanol–water partition coefficient (Wildman–Crippen LogP) is 1.63. The van der Waals surface area contributed by atoms with Crippen LogP contribution in [-0.4, -0.2) is 22.1 Å². The number of rotatable bonds is 8. The standard InChI is InChI=1S/C6H14N4O2.C6H8N2/c7-5(9-11)3-1-2-4-6(8)10-12;7-5-3-1-2-4-6-8/h11-12H,1-4H2,(H2,7,9)(H2,8,10);1-4H2. The molecule has 0 aliphatic rings. The molecule has 0 rings (SSSR count). The highest BCUT2D eigenvalue weighted by Crippen LogP contribution is 1.99. The molecule has 0 atom stereocenters. The number of nitrogens with zero attached hydrogens (tertiary/aromatic N) is 4. The molecule has 0 bridgehead atoms. The molecule has 0 spiro atoms. The van der Waals surface area contributed by atoms with Crippen molar-refractivity contribution in [2.24, 2.45) is 21.8 Å².